The number of aromatic nitrogens is 4. The molecule has 0 radical (unpaired) electrons. The van der Waals surface area contributed by atoms with Crippen molar-refractivity contribution in [3.05, 3.63) is 34.4 Å². The highest BCUT2D eigenvalue weighted by atomic mass is 16.1. The molecule has 4 rings (SSSR count). The van der Waals surface area contributed by atoms with Crippen LogP contribution >= 0.6 is 0 Å². The molecule has 2 aromatic heterocycles. The molecule has 2 aromatic rings. The molecule has 4 unspecified atom stereocenters. The van der Waals surface area contributed by atoms with Crippen molar-refractivity contribution in [2.75, 3.05) is 0 Å². The molecule has 2 bridgehead atoms. The van der Waals surface area contributed by atoms with Gasteiger partial charge in [0.15, 0.2) is 0 Å². The van der Waals surface area contributed by atoms with E-state index in [-0.39, 0.29) is 11.9 Å². The molecule has 6 heteroatoms. The minimum absolute atomic E-state index is 0.0855. The Morgan fingerprint density at radius 2 is 1.89 bits per heavy atom. The molecule has 1 N–H and O–H groups in total. The lowest BCUT2D eigenvalue weighted by molar-refractivity contribution is -0.121. The van der Waals surface area contributed by atoms with E-state index in [1.165, 1.54) is 25.7 Å². The first-order valence-electron chi connectivity index (χ1n) is 10.5. The van der Waals surface area contributed by atoms with Gasteiger partial charge in [0.1, 0.15) is 0 Å². The van der Waals surface area contributed by atoms with Crippen LogP contribution in [-0.4, -0.2) is 31.7 Å². The first-order chi connectivity index (χ1) is 13.3. The zero-order chi connectivity index (χ0) is 20.0. The van der Waals surface area contributed by atoms with Crippen LogP contribution in [-0.2, 0) is 11.2 Å². The molecule has 150 valence electrons. The highest BCUT2D eigenvalue weighted by Gasteiger charge is 2.42. The van der Waals surface area contributed by atoms with E-state index in [4.69, 9.17) is 0 Å². The highest BCUT2D eigenvalue weighted by molar-refractivity contribution is 5.79. The van der Waals surface area contributed by atoms with Crippen molar-refractivity contribution in [1.29, 1.82) is 0 Å². The third kappa shape index (κ3) is 3.56. The Morgan fingerprint density at radius 3 is 2.50 bits per heavy atom. The molecule has 6 nitrogen and oxygen atoms in total. The zero-order valence-corrected chi connectivity index (χ0v) is 17.6. The monoisotopic (exact) mass is 381 g/mol. The minimum atomic E-state index is 0.0855. The number of carbonyl (C=O) groups is 1. The lowest BCUT2D eigenvalue weighted by atomic mass is 9.84. The summed E-state index contributed by atoms with van der Waals surface area (Å²) in [6.45, 7) is 10.0. The predicted octanol–water partition coefficient (Wildman–Crippen LogP) is 3.38. The molecule has 0 aliphatic heterocycles. The Hall–Kier alpha value is -2.24. The Balaban J connectivity index is 1.47. The van der Waals surface area contributed by atoms with Crippen LogP contribution in [0, 0.1) is 45.4 Å². The summed E-state index contributed by atoms with van der Waals surface area (Å²) in [6.07, 6.45) is 5.74. The molecule has 28 heavy (non-hydrogen) atoms. The number of aryl methyl sites for hydroxylation is 3. The van der Waals surface area contributed by atoms with Gasteiger partial charge in [0, 0.05) is 28.7 Å². The molecular formula is C22H31N5O. The van der Waals surface area contributed by atoms with Gasteiger partial charge in [-0.05, 0) is 77.7 Å². The van der Waals surface area contributed by atoms with Gasteiger partial charge in [-0.1, -0.05) is 6.42 Å². The molecule has 2 aliphatic rings. The van der Waals surface area contributed by atoms with Crippen LogP contribution in [0.4, 0.5) is 0 Å². The number of fused-ring (bicyclic) bond motifs is 2. The van der Waals surface area contributed by atoms with Gasteiger partial charge in [-0.2, -0.15) is 5.10 Å². The fourth-order valence-corrected chi connectivity index (χ4v) is 5.41. The van der Waals surface area contributed by atoms with Gasteiger partial charge in [-0.25, -0.2) is 14.6 Å². The summed E-state index contributed by atoms with van der Waals surface area (Å²) >= 11 is 0. The van der Waals surface area contributed by atoms with Crippen LogP contribution in [0.5, 0.6) is 0 Å². The number of amides is 1. The molecule has 0 aromatic carbocycles. The smallest absolute Gasteiger partial charge is 0.251 e. The lowest BCUT2D eigenvalue weighted by Crippen LogP contribution is -2.40. The fourth-order valence-electron chi connectivity index (χ4n) is 5.41. The second kappa shape index (κ2) is 7.30. The van der Waals surface area contributed by atoms with Gasteiger partial charge in [0.2, 0.25) is 5.91 Å². The van der Waals surface area contributed by atoms with Crippen molar-refractivity contribution in [2.45, 2.75) is 72.8 Å². The molecule has 2 heterocycles. The van der Waals surface area contributed by atoms with E-state index in [9.17, 15) is 4.79 Å². The Bertz CT molecular complexity index is 882. The van der Waals surface area contributed by atoms with Gasteiger partial charge in [0.05, 0.1) is 12.1 Å². The van der Waals surface area contributed by atoms with E-state index < -0.39 is 0 Å². The average molecular weight is 382 g/mol. The maximum atomic E-state index is 12.8. The van der Waals surface area contributed by atoms with Crippen molar-refractivity contribution < 1.29 is 4.79 Å². The van der Waals surface area contributed by atoms with Crippen molar-refractivity contribution in [3.63, 3.8) is 0 Å². The molecule has 0 saturated heterocycles. The predicted molar refractivity (Wildman–Crippen MR) is 108 cm³/mol. The number of carbonyl (C=O) groups excluding carboxylic acids is 1. The Labute approximate surface area is 167 Å². The number of nitrogens with zero attached hydrogens (tertiary/aromatic N) is 4. The molecule has 2 aliphatic carbocycles. The average Bonchev–Trinajstić information content (AvgIpc) is 3.31. The Morgan fingerprint density at radius 1 is 1.18 bits per heavy atom. The number of rotatable bonds is 5. The first-order valence-corrected chi connectivity index (χ1v) is 10.5. The number of hydrogen-bond acceptors (Lipinski definition) is 4. The van der Waals surface area contributed by atoms with Crippen molar-refractivity contribution in [1.82, 2.24) is 25.1 Å². The van der Waals surface area contributed by atoms with E-state index in [0.29, 0.717) is 18.3 Å². The topological polar surface area (TPSA) is 72.7 Å². The van der Waals surface area contributed by atoms with E-state index in [0.717, 1.165) is 40.2 Å². The van der Waals surface area contributed by atoms with Gasteiger partial charge >= 0.3 is 0 Å². The van der Waals surface area contributed by atoms with Crippen molar-refractivity contribution >= 4 is 5.91 Å². The van der Waals surface area contributed by atoms with Crippen LogP contribution in [0.3, 0.4) is 0 Å². The van der Waals surface area contributed by atoms with Crippen LogP contribution < -0.4 is 5.32 Å². The van der Waals surface area contributed by atoms with Crippen LogP contribution in [0.2, 0.25) is 0 Å². The fraction of sp³-hybridized carbons (Fsp3) is 0.636. The molecule has 2 saturated carbocycles. The number of nitrogens with one attached hydrogen (secondary N) is 1. The first kappa shape index (κ1) is 19.1. The minimum Gasteiger partial charge on any atom is -0.353 e. The summed E-state index contributed by atoms with van der Waals surface area (Å²) in [5, 5.41) is 7.88. The molecule has 4 atom stereocenters. The van der Waals surface area contributed by atoms with Crippen molar-refractivity contribution in [3.8, 4) is 5.95 Å². The quantitative estimate of drug-likeness (QED) is 0.862. The zero-order valence-electron chi connectivity index (χ0n) is 17.6. The second-order valence-corrected chi connectivity index (χ2v) is 8.88. The van der Waals surface area contributed by atoms with Gasteiger partial charge in [0.25, 0.3) is 5.95 Å². The maximum absolute atomic E-state index is 12.8. The van der Waals surface area contributed by atoms with Gasteiger partial charge < -0.3 is 5.32 Å². The second-order valence-electron chi connectivity index (χ2n) is 8.88. The van der Waals surface area contributed by atoms with Gasteiger partial charge in [-0.3, -0.25) is 4.79 Å². The standard InChI is InChI=1S/C22H31N5O/c1-12-8-13(2)24-22(23-12)27-16(5)19(15(4)26-27)11-21(28)25-14(3)20-10-17-6-7-18(20)9-17/h8,14,17-18,20H,6-7,9-11H2,1-5H3,(H,25,28). The van der Waals surface area contributed by atoms with Crippen LogP contribution in [0.25, 0.3) is 5.95 Å². The van der Waals surface area contributed by atoms with Crippen molar-refractivity contribution in [2.24, 2.45) is 17.8 Å². The lowest BCUT2D eigenvalue weighted by Gasteiger charge is -2.28. The SMILES string of the molecule is Cc1cc(C)nc(-n2nc(C)c(CC(=O)NC(C)C3CC4CCC3C4)c2C)n1. The largest absolute Gasteiger partial charge is 0.353 e. The molecular weight excluding hydrogens is 350 g/mol. The normalized spacial score (nSPS) is 24.5. The molecule has 1 amide bonds. The molecule has 2 fully saturated rings. The van der Waals surface area contributed by atoms with E-state index in [1.807, 2.05) is 33.8 Å². The number of hydrogen-bond donors (Lipinski definition) is 1. The van der Waals surface area contributed by atoms with Crippen LogP contribution in [0.1, 0.15) is 60.9 Å². The summed E-state index contributed by atoms with van der Waals surface area (Å²) in [5.74, 6) is 3.02. The van der Waals surface area contributed by atoms with Crippen LogP contribution in [0.15, 0.2) is 6.07 Å². The summed E-state index contributed by atoms with van der Waals surface area (Å²) in [4.78, 5) is 21.8. The van der Waals surface area contributed by atoms with E-state index in [1.54, 1.807) is 4.68 Å². The highest BCUT2D eigenvalue weighted by Crippen LogP contribution is 2.49. The van der Waals surface area contributed by atoms with E-state index >= 15 is 0 Å². The third-order valence-electron chi connectivity index (χ3n) is 6.76. The third-order valence-corrected chi connectivity index (χ3v) is 6.76. The Kier molecular flexibility index (Phi) is 4.98. The van der Waals surface area contributed by atoms with Gasteiger partial charge in [-0.15, -0.1) is 0 Å². The summed E-state index contributed by atoms with van der Waals surface area (Å²) < 4.78 is 1.76. The summed E-state index contributed by atoms with van der Waals surface area (Å²) in [7, 11) is 0. The maximum Gasteiger partial charge on any atom is 0.251 e. The summed E-state index contributed by atoms with van der Waals surface area (Å²) in [6, 6.07) is 2.20. The molecule has 0 spiro atoms. The van der Waals surface area contributed by atoms with E-state index in [2.05, 4.69) is 27.3 Å². The summed E-state index contributed by atoms with van der Waals surface area (Å²) in [5.41, 5.74) is 4.59.